The number of morpholine rings is 1. The molecule has 28 heavy (non-hydrogen) atoms. The van der Waals surface area contributed by atoms with Crippen molar-refractivity contribution in [2.45, 2.75) is 12.3 Å². The summed E-state index contributed by atoms with van der Waals surface area (Å²) >= 11 is 0. The fourth-order valence-electron chi connectivity index (χ4n) is 2.93. The number of hydrogen-bond donors (Lipinski definition) is 1. The molecule has 2 aromatic carbocycles. The zero-order chi connectivity index (χ0) is 20.1. The summed E-state index contributed by atoms with van der Waals surface area (Å²) in [5.74, 6) is -0.876. The summed E-state index contributed by atoms with van der Waals surface area (Å²) < 4.78 is 43.4. The molecule has 0 aromatic heterocycles. The first-order chi connectivity index (χ1) is 13.3. The van der Waals surface area contributed by atoms with Crippen LogP contribution in [0.4, 0.5) is 13.2 Å². The third-order valence-corrected chi connectivity index (χ3v) is 4.47. The average Bonchev–Trinajstić information content (AvgIpc) is 2.72. The second kappa shape index (κ2) is 8.43. The molecule has 2 amide bonds. The van der Waals surface area contributed by atoms with E-state index in [-0.39, 0.29) is 24.1 Å². The van der Waals surface area contributed by atoms with Crippen molar-refractivity contribution in [1.29, 1.82) is 0 Å². The fourth-order valence-corrected chi connectivity index (χ4v) is 2.93. The lowest BCUT2D eigenvalue weighted by atomic mass is 10.1. The van der Waals surface area contributed by atoms with Crippen LogP contribution in [0.2, 0.25) is 0 Å². The number of nitrogens with one attached hydrogen (secondary N) is 1. The van der Waals surface area contributed by atoms with Gasteiger partial charge in [-0.2, -0.15) is 13.2 Å². The lowest BCUT2D eigenvalue weighted by Crippen LogP contribution is -2.46. The molecule has 0 bridgehead atoms. The first-order valence-electron chi connectivity index (χ1n) is 8.74. The summed E-state index contributed by atoms with van der Waals surface area (Å²) in [6.07, 6.45) is -4.69. The van der Waals surface area contributed by atoms with Crippen molar-refractivity contribution in [3.05, 3.63) is 71.3 Å². The van der Waals surface area contributed by atoms with Crippen molar-refractivity contribution >= 4 is 11.8 Å². The SMILES string of the molecule is O=C(NCC(=O)N1CCOC(c2ccccc2)C1)c1ccc(C(F)(F)F)cc1. The third-order valence-electron chi connectivity index (χ3n) is 4.47. The van der Waals surface area contributed by atoms with Gasteiger partial charge in [0.1, 0.15) is 6.10 Å². The number of rotatable bonds is 4. The van der Waals surface area contributed by atoms with Gasteiger partial charge in [-0.25, -0.2) is 0 Å². The molecule has 0 radical (unpaired) electrons. The molecule has 5 nitrogen and oxygen atoms in total. The number of amides is 2. The Morgan fingerprint density at radius 1 is 1.07 bits per heavy atom. The van der Waals surface area contributed by atoms with Crippen molar-refractivity contribution in [2.75, 3.05) is 26.2 Å². The Bertz CT molecular complexity index is 823. The largest absolute Gasteiger partial charge is 0.416 e. The van der Waals surface area contributed by atoms with Crippen LogP contribution in [-0.2, 0) is 15.7 Å². The van der Waals surface area contributed by atoms with Gasteiger partial charge in [-0.15, -0.1) is 0 Å². The van der Waals surface area contributed by atoms with Gasteiger partial charge in [-0.05, 0) is 29.8 Å². The van der Waals surface area contributed by atoms with Gasteiger partial charge in [0, 0.05) is 12.1 Å². The molecule has 0 spiro atoms. The van der Waals surface area contributed by atoms with Crippen molar-refractivity contribution < 1.29 is 27.5 Å². The highest BCUT2D eigenvalue weighted by molar-refractivity contribution is 5.96. The van der Waals surface area contributed by atoms with E-state index >= 15 is 0 Å². The van der Waals surface area contributed by atoms with Crippen LogP contribution in [0.25, 0.3) is 0 Å². The Kier molecular flexibility index (Phi) is 5.99. The van der Waals surface area contributed by atoms with E-state index in [0.29, 0.717) is 19.7 Å². The highest BCUT2D eigenvalue weighted by Gasteiger charge is 2.30. The van der Waals surface area contributed by atoms with Gasteiger partial charge >= 0.3 is 6.18 Å². The molecule has 1 atom stereocenters. The number of nitrogens with zero attached hydrogens (tertiary/aromatic N) is 1. The molecule has 148 valence electrons. The van der Waals surface area contributed by atoms with Crippen LogP contribution >= 0.6 is 0 Å². The molecular formula is C20H19F3N2O3. The van der Waals surface area contributed by atoms with E-state index in [1.807, 2.05) is 30.3 Å². The lowest BCUT2D eigenvalue weighted by Gasteiger charge is -2.33. The molecule has 1 aliphatic rings. The molecule has 2 aromatic rings. The highest BCUT2D eigenvalue weighted by Crippen LogP contribution is 2.29. The molecule has 0 aliphatic carbocycles. The van der Waals surface area contributed by atoms with E-state index in [0.717, 1.165) is 29.8 Å². The second-order valence-corrected chi connectivity index (χ2v) is 6.37. The van der Waals surface area contributed by atoms with E-state index in [9.17, 15) is 22.8 Å². The fraction of sp³-hybridized carbons (Fsp3) is 0.300. The smallest absolute Gasteiger partial charge is 0.370 e. The van der Waals surface area contributed by atoms with Crippen molar-refractivity contribution in [3.8, 4) is 0 Å². The number of benzene rings is 2. The molecule has 0 saturated carbocycles. The number of hydrogen-bond acceptors (Lipinski definition) is 3. The lowest BCUT2D eigenvalue weighted by molar-refractivity contribution is -0.138. The molecule has 3 rings (SSSR count). The van der Waals surface area contributed by atoms with Gasteiger partial charge in [0.25, 0.3) is 5.91 Å². The molecule has 1 heterocycles. The van der Waals surface area contributed by atoms with E-state index in [1.165, 1.54) is 0 Å². The minimum atomic E-state index is -4.46. The average molecular weight is 392 g/mol. The Morgan fingerprint density at radius 2 is 1.75 bits per heavy atom. The van der Waals surface area contributed by atoms with E-state index in [4.69, 9.17) is 4.74 Å². The number of ether oxygens (including phenoxy) is 1. The molecule has 1 saturated heterocycles. The van der Waals surface area contributed by atoms with Gasteiger partial charge in [-0.3, -0.25) is 9.59 Å². The summed E-state index contributed by atoms with van der Waals surface area (Å²) in [6.45, 7) is 0.941. The van der Waals surface area contributed by atoms with Crippen molar-refractivity contribution in [1.82, 2.24) is 10.2 Å². The molecule has 1 N–H and O–H groups in total. The molecule has 1 unspecified atom stereocenters. The van der Waals surface area contributed by atoms with Crippen LogP contribution in [0.5, 0.6) is 0 Å². The predicted octanol–water partition coefficient (Wildman–Crippen LogP) is 3.04. The number of carbonyl (C=O) groups is 2. The van der Waals surface area contributed by atoms with Crippen LogP contribution in [0, 0.1) is 0 Å². The standard InChI is InChI=1S/C20H19F3N2O3/c21-20(22,23)16-8-6-15(7-9-16)19(27)24-12-18(26)25-10-11-28-17(13-25)14-4-2-1-3-5-14/h1-9,17H,10-13H2,(H,24,27). The summed E-state index contributed by atoms with van der Waals surface area (Å²) in [5.41, 5.74) is 0.194. The summed E-state index contributed by atoms with van der Waals surface area (Å²) in [4.78, 5) is 26.1. The molecule has 1 aliphatic heterocycles. The van der Waals surface area contributed by atoms with E-state index < -0.39 is 17.6 Å². The Labute approximate surface area is 160 Å². The van der Waals surface area contributed by atoms with Crippen LogP contribution in [0.15, 0.2) is 54.6 Å². The monoisotopic (exact) mass is 392 g/mol. The van der Waals surface area contributed by atoms with Gasteiger partial charge in [0.15, 0.2) is 0 Å². The zero-order valence-electron chi connectivity index (χ0n) is 14.9. The second-order valence-electron chi connectivity index (χ2n) is 6.37. The van der Waals surface area contributed by atoms with Gasteiger partial charge in [0.2, 0.25) is 5.91 Å². The van der Waals surface area contributed by atoms with Crippen LogP contribution < -0.4 is 5.32 Å². The molecule has 8 heteroatoms. The van der Waals surface area contributed by atoms with Gasteiger partial charge < -0.3 is 15.0 Å². The van der Waals surface area contributed by atoms with Crippen LogP contribution in [0.3, 0.4) is 0 Å². The Balaban J connectivity index is 1.54. The summed E-state index contributed by atoms with van der Waals surface area (Å²) in [6, 6.07) is 13.4. The predicted molar refractivity (Wildman–Crippen MR) is 95.5 cm³/mol. The van der Waals surface area contributed by atoms with Crippen molar-refractivity contribution in [2.24, 2.45) is 0 Å². The summed E-state index contributed by atoms with van der Waals surface area (Å²) in [7, 11) is 0. The topological polar surface area (TPSA) is 58.6 Å². The maximum absolute atomic E-state index is 12.6. The quantitative estimate of drug-likeness (QED) is 0.870. The molecule has 1 fully saturated rings. The van der Waals surface area contributed by atoms with Gasteiger partial charge in [-0.1, -0.05) is 30.3 Å². The van der Waals surface area contributed by atoms with Crippen molar-refractivity contribution in [3.63, 3.8) is 0 Å². The van der Waals surface area contributed by atoms with Crippen LogP contribution in [0.1, 0.15) is 27.6 Å². The normalized spacial score (nSPS) is 17.2. The first kappa shape index (κ1) is 19.9. The number of alkyl halides is 3. The molecular weight excluding hydrogens is 373 g/mol. The van der Waals surface area contributed by atoms with E-state index in [1.54, 1.807) is 4.90 Å². The minimum absolute atomic E-state index is 0.0601. The third kappa shape index (κ3) is 4.89. The first-order valence-corrected chi connectivity index (χ1v) is 8.74. The maximum Gasteiger partial charge on any atom is 0.416 e. The zero-order valence-corrected chi connectivity index (χ0v) is 14.9. The number of carbonyl (C=O) groups excluding carboxylic acids is 2. The van der Waals surface area contributed by atoms with Gasteiger partial charge in [0.05, 0.1) is 25.3 Å². The Morgan fingerprint density at radius 3 is 2.39 bits per heavy atom. The van der Waals surface area contributed by atoms with Crippen LogP contribution in [-0.4, -0.2) is 43.0 Å². The number of halogens is 3. The minimum Gasteiger partial charge on any atom is -0.370 e. The maximum atomic E-state index is 12.6. The highest BCUT2D eigenvalue weighted by atomic mass is 19.4. The van der Waals surface area contributed by atoms with E-state index in [2.05, 4.69) is 5.32 Å². The Hall–Kier alpha value is -2.87. The summed E-state index contributed by atoms with van der Waals surface area (Å²) in [5, 5.41) is 2.46.